The van der Waals surface area contributed by atoms with Crippen LogP contribution in [0.25, 0.3) is 10.9 Å². The molecular formula is C26H31F3N4O. The van der Waals surface area contributed by atoms with Crippen molar-refractivity contribution in [3.8, 4) is 0 Å². The SMILES string of the molecule is CC1CN(Cc2nc(Nc3ccc(C(C)(C)C)cc3)c3ccc(C(F)(F)F)cc3n2)CC(C)O1. The van der Waals surface area contributed by atoms with Crippen molar-refractivity contribution >= 4 is 22.4 Å². The number of benzene rings is 2. The van der Waals surface area contributed by atoms with Crippen LogP contribution in [0.5, 0.6) is 0 Å². The smallest absolute Gasteiger partial charge is 0.373 e. The number of anilines is 2. The molecule has 2 unspecified atom stereocenters. The van der Waals surface area contributed by atoms with Gasteiger partial charge in [0.25, 0.3) is 0 Å². The van der Waals surface area contributed by atoms with Gasteiger partial charge < -0.3 is 10.1 Å². The van der Waals surface area contributed by atoms with E-state index in [1.807, 2.05) is 38.1 Å². The first-order valence-electron chi connectivity index (χ1n) is 11.5. The van der Waals surface area contributed by atoms with Crippen LogP contribution in [0.4, 0.5) is 24.7 Å². The van der Waals surface area contributed by atoms with Gasteiger partial charge in [0, 0.05) is 24.2 Å². The van der Waals surface area contributed by atoms with Gasteiger partial charge in [-0.3, -0.25) is 4.90 Å². The number of nitrogens with one attached hydrogen (secondary N) is 1. The lowest BCUT2D eigenvalue weighted by atomic mass is 9.87. The van der Waals surface area contributed by atoms with Crippen LogP contribution < -0.4 is 5.32 Å². The lowest BCUT2D eigenvalue weighted by Gasteiger charge is -2.34. The highest BCUT2D eigenvalue weighted by Crippen LogP contribution is 2.33. The van der Waals surface area contributed by atoms with Gasteiger partial charge in [-0.15, -0.1) is 0 Å². The first kappa shape index (κ1) is 24.4. The van der Waals surface area contributed by atoms with Crippen molar-refractivity contribution in [1.29, 1.82) is 0 Å². The molecule has 34 heavy (non-hydrogen) atoms. The van der Waals surface area contributed by atoms with E-state index in [4.69, 9.17) is 9.72 Å². The normalized spacial score (nSPS) is 20.0. The van der Waals surface area contributed by atoms with Gasteiger partial charge in [0.1, 0.15) is 11.6 Å². The van der Waals surface area contributed by atoms with Crippen LogP contribution in [0.2, 0.25) is 0 Å². The second-order valence-electron chi connectivity index (χ2n) is 10.1. The third-order valence-electron chi connectivity index (χ3n) is 5.94. The van der Waals surface area contributed by atoms with Crippen molar-refractivity contribution in [2.45, 2.75) is 65.0 Å². The lowest BCUT2D eigenvalue weighted by Crippen LogP contribution is -2.45. The molecule has 0 saturated carbocycles. The van der Waals surface area contributed by atoms with Crippen LogP contribution in [-0.2, 0) is 22.9 Å². The zero-order chi connectivity index (χ0) is 24.7. The fourth-order valence-corrected chi connectivity index (χ4v) is 4.32. The predicted octanol–water partition coefficient (Wildman–Crippen LogP) is 6.30. The van der Waals surface area contributed by atoms with Crippen molar-refractivity contribution in [3.63, 3.8) is 0 Å². The van der Waals surface area contributed by atoms with Gasteiger partial charge in [0.15, 0.2) is 0 Å². The maximum Gasteiger partial charge on any atom is 0.416 e. The summed E-state index contributed by atoms with van der Waals surface area (Å²) in [6, 6.07) is 11.6. The second kappa shape index (κ2) is 9.15. The number of morpholine rings is 1. The highest BCUT2D eigenvalue weighted by Gasteiger charge is 2.31. The number of alkyl halides is 3. The summed E-state index contributed by atoms with van der Waals surface area (Å²) in [4.78, 5) is 11.4. The fourth-order valence-electron chi connectivity index (χ4n) is 4.32. The Kier molecular flexibility index (Phi) is 6.57. The quantitative estimate of drug-likeness (QED) is 0.483. The van der Waals surface area contributed by atoms with Crippen LogP contribution in [-0.4, -0.2) is 40.2 Å². The summed E-state index contributed by atoms with van der Waals surface area (Å²) >= 11 is 0. The molecule has 5 nitrogen and oxygen atoms in total. The van der Waals surface area contributed by atoms with Gasteiger partial charge in [0.05, 0.1) is 29.8 Å². The summed E-state index contributed by atoms with van der Waals surface area (Å²) in [7, 11) is 0. The number of fused-ring (bicyclic) bond motifs is 1. The molecule has 0 spiro atoms. The Hall–Kier alpha value is -2.71. The van der Waals surface area contributed by atoms with Crippen molar-refractivity contribution in [2.75, 3.05) is 18.4 Å². The highest BCUT2D eigenvalue weighted by molar-refractivity contribution is 5.91. The fraction of sp³-hybridized carbons (Fsp3) is 0.462. The minimum atomic E-state index is -4.44. The third kappa shape index (κ3) is 5.67. The molecule has 182 valence electrons. The summed E-state index contributed by atoms with van der Waals surface area (Å²) in [5, 5.41) is 3.85. The number of rotatable bonds is 4. The summed E-state index contributed by atoms with van der Waals surface area (Å²) in [5.74, 6) is 0.966. The molecule has 2 heterocycles. The van der Waals surface area contributed by atoms with Crippen LogP contribution in [0.1, 0.15) is 51.6 Å². The third-order valence-corrected chi connectivity index (χ3v) is 5.94. The number of ether oxygens (including phenoxy) is 1. The van der Waals surface area contributed by atoms with Gasteiger partial charge >= 0.3 is 6.18 Å². The Morgan fingerprint density at radius 1 is 0.941 bits per heavy atom. The van der Waals surface area contributed by atoms with Gasteiger partial charge in [-0.2, -0.15) is 13.2 Å². The molecule has 0 bridgehead atoms. The molecule has 1 aliphatic rings. The summed E-state index contributed by atoms with van der Waals surface area (Å²) in [5.41, 5.74) is 1.57. The molecule has 1 saturated heterocycles. The topological polar surface area (TPSA) is 50.3 Å². The van der Waals surface area contributed by atoms with Gasteiger partial charge in [-0.1, -0.05) is 32.9 Å². The van der Waals surface area contributed by atoms with E-state index in [1.165, 1.54) is 11.6 Å². The molecule has 1 fully saturated rings. The zero-order valence-corrected chi connectivity index (χ0v) is 20.2. The van der Waals surface area contributed by atoms with Gasteiger partial charge in [-0.05, 0) is 55.2 Å². The molecule has 2 atom stereocenters. The lowest BCUT2D eigenvalue weighted by molar-refractivity contribution is -0.137. The molecule has 4 rings (SSSR count). The van der Waals surface area contributed by atoms with E-state index in [0.29, 0.717) is 36.7 Å². The molecule has 0 aliphatic carbocycles. The Morgan fingerprint density at radius 2 is 1.56 bits per heavy atom. The van der Waals surface area contributed by atoms with Gasteiger partial charge in [0.2, 0.25) is 0 Å². The number of hydrogen-bond donors (Lipinski definition) is 1. The molecule has 3 aromatic rings. The molecule has 1 aliphatic heterocycles. The zero-order valence-electron chi connectivity index (χ0n) is 20.2. The van der Waals surface area contributed by atoms with E-state index >= 15 is 0 Å². The average molecular weight is 473 g/mol. The van der Waals surface area contributed by atoms with Crippen LogP contribution in [0, 0.1) is 0 Å². The monoisotopic (exact) mass is 472 g/mol. The number of nitrogens with zero attached hydrogens (tertiary/aromatic N) is 3. The molecule has 2 aromatic carbocycles. The second-order valence-corrected chi connectivity index (χ2v) is 10.1. The van der Waals surface area contributed by atoms with Crippen molar-refractivity contribution < 1.29 is 17.9 Å². The van der Waals surface area contributed by atoms with E-state index in [9.17, 15) is 13.2 Å². The maximum atomic E-state index is 13.4. The Balaban J connectivity index is 1.71. The Labute approximate surface area is 198 Å². The van der Waals surface area contributed by atoms with E-state index < -0.39 is 11.7 Å². The standard InChI is InChI=1S/C26H31F3N4O/c1-16-13-33(14-17(2)34-16)15-23-31-22-12-19(26(27,28)29)8-11-21(22)24(32-23)30-20-9-6-18(7-10-20)25(3,4)5/h6-12,16-17H,13-15H2,1-5H3,(H,30,31,32). The molecule has 1 aromatic heterocycles. The van der Waals surface area contributed by atoms with E-state index in [2.05, 4.69) is 36.0 Å². The maximum absolute atomic E-state index is 13.4. The number of aromatic nitrogens is 2. The summed E-state index contributed by atoms with van der Waals surface area (Å²) < 4.78 is 45.9. The molecule has 0 radical (unpaired) electrons. The summed E-state index contributed by atoms with van der Waals surface area (Å²) in [6.07, 6.45) is -4.30. The largest absolute Gasteiger partial charge is 0.416 e. The van der Waals surface area contributed by atoms with Crippen LogP contribution >= 0.6 is 0 Å². The summed E-state index contributed by atoms with van der Waals surface area (Å²) in [6.45, 7) is 12.3. The van der Waals surface area contributed by atoms with Crippen molar-refractivity contribution in [1.82, 2.24) is 14.9 Å². The van der Waals surface area contributed by atoms with E-state index in [-0.39, 0.29) is 23.1 Å². The van der Waals surface area contributed by atoms with Gasteiger partial charge in [-0.25, -0.2) is 9.97 Å². The Morgan fingerprint density at radius 3 is 2.15 bits per heavy atom. The first-order valence-corrected chi connectivity index (χ1v) is 11.5. The molecular weight excluding hydrogens is 441 g/mol. The highest BCUT2D eigenvalue weighted by atomic mass is 19.4. The van der Waals surface area contributed by atoms with Crippen molar-refractivity contribution in [3.05, 3.63) is 59.4 Å². The van der Waals surface area contributed by atoms with E-state index in [0.717, 1.165) is 17.8 Å². The Bertz CT molecular complexity index is 1150. The molecule has 1 N–H and O–H groups in total. The predicted molar refractivity (Wildman–Crippen MR) is 128 cm³/mol. The van der Waals surface area contributed by atoms with Crippen LogP contribution in [0.15, 0.2) is 42.5 Å². The average Bonchev–Trinajstić information content (AvgIpc) is 2.71. The first-order chi connectivity index (χ1) is 15.9. The minimum absolute atomic E-state index is 0.0216. The minimum Gasteiger partial charge on any atom is -0.373 e. The molecule has 8 heteroatoms. The van der Waals surface area contributed by atoms with Crippen LogP contribution in [0.3, 0.4) is 0 Å². The van der Waals surface area contributed by atoms with Crippen molar-refractivity contribution in [2.24, 2.45) is 0 Å². The van der Waals surface area contributed by atoms with E-state index in [1.54, 1.807) is 0 Å². The number of hydrogen-bond acceptors (Lipinski definition) is 5. The molecule has 0 amide bonds. The number of halogens is 3.